The highest BCUT2D eigenvalue weighted by atomic mass is 32.1. The molecule has 0 fully saturated rings. The fraction of sp³-hybridized carbons (Fsp3) is 0. The topological polar surface area (TPSA) is 3.24 Å². The fourth-order valence-corrected chi connectivity index (χ4v) is 10.6. The Kier molecular flexibility index (Phi) is 9.43. The molecule has 300 valence electrons. The maximum absolute atomic E-state index is 2.42. The Balaban J connectivity index is 0.941. The van der Waals surface area contributed by atoms with Gasteiger partial charge in [0.1, 0.15) is 0 Å². The number of thiophene rings is 1. The molecule has 64 heavy (non-hydrogen) atoms. The zero-order valence-corrected chi connectivity index (χ0v) is 35.8. The molecule has 11 aromatic carbocycles. The van der Waals surface area contributed by atoms with Crippen LogP contribution in [-0.4, -0.2) is 0 Å². The SMILES string of the molecule is c1cc(-c2ccc(-c3cccc4ccccc34)cc2)cc(N(c2ccc(-c3ccc(-c4cccc5ccccc45)cc3)cc2)c2ccccc2-c2ccc3sc4ccccc4c3c2)c1. The summed E-state index contributed by atoms with van der Waals surface area (Å²) in [7, 11) is 0. The summed E-state index contributed by atoms with van der Waals surface area (Å²) in [4.78, 5) is 2.42. The molecular formula is C62H41NS. The van der Waals surface area contributed by atoms with Crippen molar-refractivity contribution in [2.24, 2.45) is 0 Å². The van der Waals surface area contributed by atoms with Gasteiger partial charge in [-0.25, -0.2) is 0 Å². The third kappa shape index (κ3) is 6.82. The number of rotatable bonds is 8. The van der Waals surface area contributed by atoms with Gasteiger partial charge in [-0.3, -0.25) is 0 Å². The number of nitrogens with zero attached hydrogens (tertiary/aromatic N) is 1. The first-order valence-corrected chi connectivity index (χ1v) is 22.7. The molecule has 0 saturated carbocycles. The first-order chi connectivity index (χ1) is 31.7. The van der Waals surface area contributed by atoms with E-state index in [1.165, 1.54) is 97.4 Å². The van der Waals surface area contributed by atoms with E-state index in [4.69, 9.17) is 0 Å². The van der Waals surface area contributed by atoms with Gasteiger partial charge in [0.25, 0.3) is 0 Å². The fourth-order valence-electron chi connectivity index (χ4n) is 9.50. The molecule has 0 saturated heterocycles. The van der Waals surface area contributed by atoms with Crippen LogP contribution >= 0.6 is 11.3 Å². The van der Waals surface area contributed by atoms with Crippen molar-refractivity contribution in [1.82, 2.24) is 0 Å². The van der Waals surface area contributed by atoms with Gasteiger partial charge in [0.15, 0.2) is 0 Å². The van der Waals surface area contributed by atoms with Gasteiger partial charge in [-0.1, -0.05) is 200 Å². The Morgan fingerprint density at radius 1 is 0.250 bits per heavy atom. The number of benzene rings is 11. The summed E-state index contributed by atoms with van der Waals surface area (Å²) in [5.41, 5.74) is 15.3. The molecule has 0 aliphatic carbocycles. The van der Waals surface area contributed by atoms with Gasteiger partial charge in [0.05, 0.1) is 5.69 Å². The highest BCUT2D eigenvalue weighted by Crippen LogP contribution is 2.44. The standard InChI is InChI=1S/C62H41NS/c1-3-18-53-45(12-1)14-10-22-55(53)47-30-26-42(27-31-47)43-34-37-51(38-35-43)63(60-24-7-5-20-57(60)50-36-39-62-59(41-50)58-21-6-8-25-61(58)64-62)52-17-9-16-49(40-52)44-28-32-48(33-29-44)56-23-11-15-46-13-2-4-19-54(46)56/h1-41H. The molecule has 0 radical (unpaired) electrons. The van der Waals surface area contributed by atoms with Crippen molar-refractivity contribution in [3.63, 3.8) is 0 Å². The smallest absolute Gasteiger partial charge is 0.0540 e. The van der Waals surface area contributed by atoms with E-state index in [9.17, 15) is 0 Å². The highest BCUT2D eigenvalue weighted by molar-refractivity contribution is 7.25. The predicted molar refractivity (Wildman–Crippen MR) is 276 cm³/mol. The lowest BCUT2D eigenvalue weighted by Crippen LogP contribution is -2.11. The van der Waals surface area contributed by atoms with Crippen molar-refractivity contribution in [3.8, 4) is 55.6 Å². The van der Waals surface area contributed by atoms with Crippen LogP contribution < -0.4 is 4.90 Å². The third-order valence-electron chi connectivity index (χ3n) is 12.7. The van der Waals surface area contributed by atoms with Crippen molar-refractivity contribution < 1.29 is 0 Å². The lowest BCUT2D eigenvalue weighted by atomic mass is 9.95. The van der Waals surface area contributed by atoms with Gasteiger partial charge in [0, 0.05) is 37.1 Å². The summed E-state index contributed by atoms with van der Waals surface area (Å²) in [6.45, 7) is 0. The minimum Gasteiger partial charge on any atom is -0.310 e. The number of fused-ring (bicyclic) bond motifs is 5. The first-order valence-electron chi connectivity index (χ1n) is 21.9. The molecule has 12 rings (SSSR count). The van der Waals surface area contributed by atoms with Crippen LogP contribution in [0.25, 0.3) is 97.4 Å². The molecule has 0 N–H and O–H groups in total. The maximum atomic E-state index is 2.42. The van der Waals surface area contributed by atoms with Crippen LogP contribution in [0.2, 0.25) is 0 Å². The van der Waals surface area contributed by atoms with E-state index in [0.29, 0.717) is 0 Å². The molecule has 1 aromatic heterocycles. The lowest BCUT2D eigenvalue weighted by Gasteiger charge is -2.28. The third-order valence-corrected chi connectivity index (χ3v) is 13.9. The van der Waals surface area contributed by atoms with E-state index in [-0.39, 0.29) is 0 Å². The molecule has 2 heteroatoms. The largest absolute Gasteiger partial charge is 0.310 e. The van der Waals surface area contributed by atoms with E-state index in [2.05, 4.69) is 254 Å². The summed E-state index contributed by atoms with van der Waals surface area (Å²) in [6, 6.07) is 91.0. The molecular weight excluding hydrogens is 791 g/mol. The van der Waals surface area contributed by atoms with E-state index in [1.807, 2.05) is 11.3 Å². The normalized spacial score (nSPS) is 11.4. The maximum Gasteiger partial charge on any atom is 0.0540 e. The Morgan fingerprint density at radius 3 is 1.39 bits per heavy atom. The summed E-state index contributed by atoms with van der Waals surface area (Å²) >= 11 is 1.86. The number of para-hydroxylation sites is 1. The minimum atomic E-state index is 1.09. The lowest BCUT2D eigenvalue weighted by molar-refractivity contribution is 1.28. The average molecular weight is 832 g/mol. The van der Waals surface area contributed by atoms with Crippen molar-refractivity contribution in [2.75, 3.05) is 4.90 Å². The van der Waals surface area contributed by atoms with Gasteiger partial charge >= 0.3 is 0 Å². The quantitative estimate of drug-likeness (QED) is 0.147. The van der Waals surface area contributed by atoms with Gasteiger partial charge in [-0.2, -0.15) is 0 Å². The first kappa shape index (κ1) is 37.7. The second-order valence-electron chi connectivity index (χ2n) is 16.5. The number of anilines is 3. The molecule has 1 heterocycles. The minimum absolute atomic E-state index is 1.09. The Hall–Kier alpha value is -8.04. The Bertz CT molecular complexity index is 3640. The highest BCUT2D eigenvalue weighted by Gasteiger charge is 2.19. The molecule has 0 bridgehead atoms. The molecule has 0 atom stereocenters. The van der Waals surface area contributed by atoms with E-state index >= 15 is 0 Å². The molecule has 0 spiro atoms. The van der Waals surface area contributed by atoms with Crippen LogP contribution in [0, 0.1) is 0 Å². The summed E-state index contributed by atoms with van der Waals surface area (Å²) < 4.78 is 2.62. The summed E-state index contributed by atoms with van der Waals surface area (Å²) in [6.07, 6.45) is 0. The molecule has 0 amide bonds. The average Bonchev–Trinajstić information content (AvgIpc) is 3.75. The Morgan fingerprint density at radius 2 is 0.719 bits per heavy atom. The summed E-state index contributed by atoms with van der Waals surface area (Å²) in [5, 5.41) is 7.65. The molecule has 1 nitrogen and oxygen atoms in total. The second-order valence-corrected chi connectivity index (χ2v) is 17.6. The zero-order valence-electron chi connectivity index (χ0n) is 35.0. The van der Waals surface area contributed by atoms with Gasteiger partial charge in [-0.15, -0.1) is 11.3 Å². The van der Waals surface area contributed by atoms with Crippen LogP contribution in [0.4, 0.5) is 17.1 Å². The molecule has 0 unspecified atom stereocenters. The Labute approximate surface area is 377 Å². The van der Waals surface area contributed by atoms with E-state index < -0.39 is 0 Å². The van der Waals surface area contributed by atoms with Crippen molar-refractivity contribution in [3.05, 3.63) is 249 Å². The van der Waals surface area contributed by atoms with Crippen LogP contribution in [0.1, 0.15) is 0 Å². The van der Waals surface area contributed by atoms with Crippen LogP contribution in [-0.2, 0) is 0 Å². The molecule has 12 aromatic rings. The van der Waals surface area contributed by atoms with E-state index in [0.717, 1.165) is 17.1 Å². The molecule has 0 aliphatic heterocycles. The van der Waals surface area contributed by atoms with Crippen molar-refractivity contribution in [2.45, 2.75) is 0 Å². The van der Waals surface area contributed by atoms with Crippen molar-refractivity contribution in [1.29, 1.82) is 0 Å². The summed E-state index contributed by atoms with van der Waals surface area (Å²) in [5.74, 6) is 0. The van der Waals surface area contributed by atoms with Gasteiger partial charge in [-0.05, 0) is 120 Å². The van der Waals surface area contributed by atoms with Crippen LogP contribution in [0.3, 0.4) is 0 Å². The molecule has 0 aliphatic rings. The number of hydrogen-bond acceptors (Lipinski definition) is 2. The van der Waals surface area contributed by atoms with Crippen LogP contribution in [0.15, 0.2) is 249 Å². The van der Waals surface area contributed by atoms with Gasteiger partial charge < -0.3 is 4.90 Å². The van der Waals surface area contributed by atoms with Crippen molar-refractivity contribution >= 4 is 70.1 Å². The van der Waals surface area contributed by atoms with Crippen LogP contribution in [0.5, 0.6) is 0 Å². The van der Waals surface area contributed by atoms with E-state index in [1.54, 1.807) is 0 Å². The zero-order chi connectivity index (χ0) is 42.4. The predicted octanol–water partition coefficient (Wildman–Crippen LogP) is 18.2. The monoisotopic (exact) mass is 831 g/mol. The number of hydrogen-bond donors (Lipinski definition) is 0. The van der Waals surface area contributed by atoms with Gasteiger partial charge in [0.2, 0.25) is 0 Å². The second kappa shape index (κ2) is 16.0.